The van der Waals surface area contributed by atoms with E-state index in [0.717, 1.165) is 22.2 Å². The Morgan fingerprint density at radius 2 is 1.72 bits per heavy atom. The lowest BCUT2D eigenvalue weighted by molar-refractivity contribution is -0.120. The molecule has 0 N–H and O–H groups in total. The number of thiocarbonyl (C=S) groups is 1. The zero-order valence-corrected chi connectivity index (χ0v) is 16.1. The summed E-state index contributed by atoms with van der Waals surface area (Å²) in [5.74, 6) is -0.923. The van der Waals surface area contributed by atoms with Crippen LogP contribution in [0.3, 0.4) is 0 Å². The van der Waals surface area contributed by atoms with Crippen molar-refractivity contribution in [1.29, 1.82) is 0 Å². The first-order valence-electron chi connectivity index (χ1n) is 7.21. The molecule has 1 fully saturated rings. The van der Waals surface area contributed by atoms with Crippen LogP contribution in [0.5, 0.6) is 0 Å². The maximum Gasteiger partial charge on any atom is 0.273 e. The van der Waals surface area contributed by atoms with Crippen molar-refractivity contribution >= 4 is 69.4 Å². The van der Waals surface area contributed by atoms with Gasteiger partial charge in [0.25, 0.3) is 11.8 Å². The summed E-state index contributed by atoms with van der Waals surface area (Å²) < 4.78 is 0.185. The predicted octanol–water partition coefficient (Wildman–Crippen LogP) is 5.34. The highest BCUT2D eigenvalue weighted by Crippen LogP contribution is 2.36. The van der Waals surface area contributed by atoms with Gasteiger partial charge in [0, 0.05) is 21.2 Å². The molecule has 3 rings (SSSR count). The van der Waals surface area contributed by atoms with Crippen LogP contribution in [0.4, 0.5) is 0 Å². The molecule has 0 radical (unpaired) electrons. The number of carbonyl (C=O) groups excluding carboxylic acids is 2. The molecule has 0 saturated carbocycles. The highest BCUT2D eigenvalue weighted by Gasteiger charge is 2.37. The summed E-state index contributed by atoms with van der Waals surface area (Å²) in [6.45, 7) is 1.92. The summed E-state index contributed by atoms with van der Waals surface area (Å²) >= 11 is 18.5. The average Bonchev–Trinajstić information content (AvgIpc) is 2.85. The Labute approximate surface area is 164 Å². The highest BCUT2D eigenvalue weighted by atomic mass is 35.5. The van der Waals surface area contributed by atoms with Crippen molar-refractivity contribution in [3.8, 4) is 0 Å². The molecule has 0 unspecified atom stereocenters. The molecule has 126 valence electrons. The molecule has 3 nitrogen and oxygen atoms in total. The first-order chi connectivity index (χ1) is 11.9. The number of thioether (sulfide) groups is 1. The molecule has 0 atom stereocenters. The highest BCUT2D eigenvalue weighted by molar-refractivity contribution is 8.26. The number of hydrogen-bond donors (Lipinski definition) is 0. The van der Waals surface area contributed by atoms with E-state index in [2.05, 4.69) is 0 Å². The van der Waals surface area contributed by atoms with Crippen LogP contribution in [0.2, 0.25) is 10.0 Å². The number of amides is 2. The average molecular weight is 408 g/mol. The molecular weight excluding hydrogens is 397 g/mol. The normalized spacial score (nSPS) is 16.0. The Balaban J connectivity index is 1.94. The molecule has 1 aliphatic rings. The van der Waals surface area contributed by atoms with Gasteiger partial charge in [0.05, 0.1) is 4.91 Å². The van der Waals surface area contributed by atoms with E-state index in [1.165, 1.54) is 0 Å². The zero-order chi connectivity index (χ0) is 18.1. The standard InChI is InChI=1S/C18H11Cl2NO2S2/c1-10-5-7-11(8-6-10)16(22)21-17(23)15(25-18(21)24)9-12-13(19)3-2-4-14(12)20/h2-9H,1H3/b15-9-. The van der Waals surface area contributed by atoms with E-state index in [1.54, 1.807) is 36.4 Å². The second-order valence-corrected chi connectivity index (χ2v) is 7.81. The molecule has 0 aromatic heterocycles. The summed E-state index contributed by atoms with van der Waals surface area (Å²) in [4.78, 5) is 26.6. The summed E-state index contributed by atoms with van der Waals surface area (Å²) in [6, 6.07) is 12.0. The Bertz CT molecular complexity index is 903. The van der Waals surface area contributed by atoms with Crippen LogP contribution in [0.1, 0.15) is 21.5 Å². The van der Waals surface area contributed by atoms with Gasteiger partial charge in [-0.2, -0.15) is 0 Å². The molecule has 0 aliphatic carbocycles. The van der Waals surface area contributed by atoms with Crippen LogP contribution in [0.15, 0.2) is 47.4 Å². The lowest BCUT2D eigenvalue weighted by Gasteiger charge is -2.12. The maximum atomic E-state index is 12.7. The quantitative estimate of drug-likeness (QED) is 0.382. The first kappa shape index (κ1) is 18.1. The van der Waals surface area contributed by atoms with Crippen LogP contribution in [0, 0.1) is 6.92 Å². The Kier molecular flexibility index (Phi) is 5.29. The molecule has 2 aromatic carbocycles. The lowest BCUT2D eigenvalue weighted by atomic mass is 10.1. The fraction of sp³-hybridized carbons (Fsp3) is 0.0556. The van der Waals surface area contributed by atoms with Gasteiger partial charge < -0.3 is 0 Å². The molecule has 0 bridgehead atoms. The number of carbonyl (C=O) groups is 2. The largest absolute Gasteiger partial charge is 0.273 e. The van der Waals surface area contributed by atoms with Gasteiger partial charge in [0.1, 0.15) is 0 Å². The van der Waals surface area contributed by atoms with E-state index in [9.17, 15) is 9.59 Å². The first-order valence-corrected chi connectivity index (χ1v) is 9.19. The molecule has 0 spiro atoms. The Hall–Kier alpha value is -1.66. The number of benzene rings is 2. The van der Waals surface area contributed by atoms with Crippen molar-refractivity contribution in [2.45, 2.75) is 6.92 Å². The van der Waals surface area contributed by atoms with Crippen LogP contribution in [-0.4, -0.2) is 21.0 Å². The van der Waals surface area contributed by atoms with Crippen molar-refractivity contribution in [1.82, 2.24) is 4.90 Å². The number of hydrogen-bond acceptors (Lipinski definition) is 4. The van der Waals surface area contributed by atoms with Gasteiger partial charge in [-0.05, 0) is 37.3 Å². The molecule has 1 saturated heterocycles. The number of halogens is 2. The van der Waals surface area contributed by atoms with Gasteiger partial charge in [-0.15, -0.1) is 0 Å². The van der Waals surface area contributed by atoms with Crippen molar-refractivity contribution in [2.24, 2.45) is 0 Å². The molecule has 1 heterocycles. The molecule has 1 aliphatic heterocycles. The van der Waals surface area contributed by atoms with Crippen LogP contribution >= 0.6 is 47.2 Å². The van der Waals surface area contributed by atoms with E-state index >= 15 is 0 Å². The minimum absolute atomic E-state index is 0.185. The van der Waals surface area contributed by atoms with Crippen LogP contribution in [0.25, 0.3) is 6.08 Å². The monoisotopic (exact) mass is 407 g/mol. The van der Waals surface area contributed by atoms with Crippen LogP contribution in [-0.2, 0) is 4.79 Å². The van der Waals surface area contributed by atoms with Gasteiger partial charge in [-0.25, -0.2) is 4.90 Å². The Morgan fingerprint density at radius 3 is 2.32 bits per heavy atom. The van der Waals surface area contributed by atoms with Gasteiger partial charge >= 0.3 is 0 Å². The van der Waals surface area contributed by atoms with Crippen molar-refractivity contribution in [3.05, 3.63) is 74.1 Å². The summed E-state index contributed by atoms with van der Waals surface area (Å²) in [7, 11) is 0. The van der Waals surface area contributed by atoms with Gasteiger partial charge in [-0.1, -0.05) is 70.9 Å². The number of imide groups is 1. The van der Waals surface area contributed by atoms with Gasteiger partial charge in [-0.3, -0.25) is 9.59 Å². The summed E-state index contributed by atoms with van der Waals surface area (Å²) in [5.41, 5.74) is 1.95. The second-order valence-electron chi connectivity index (χ2n) is 5.32. The lowest BCUT2D eigenvalue weighted by Crippen LogP contribution is -2.34. The van der Waals surface area contributed by atoms with Gasteiger partial charge in [0.2, 0.25) is 0 Å². The van der Waals surface area contributed by atoms with Crippen molar-refractivity contribution in [2.75, 3.05) is 0 Å². The third kappa shape index (κ3) is 3.65. The Morgan fingerprint density at radius 1 is 1.12 bits per heavy atom. The number of aryl methyl sites for hydroxylation is 1. The molecular formula is C18H11Cl2NO2S2. The fourth-order valence-corrected chi connectivity index (χ4v) is 3.99. The molecule has 2 aromatic rings. The predicted molar refractivity (Wildman–Crippen MR) is 107 cm³/mol. The van der Waals surface area contributed by atoms with Crippen molar-refractivity contribution in [3.63, 3.8) is 0 Å². The van der Waals surface area contributed by atoms with E-state index in [4.69, 9.17) is 35.4 Å². The van der Waals surface area contributed by atoms with Gasteiger partial charge in [0.15, 0.2) is 4.32 Å². The van der Waals surface area contributed by atoms with E-state index in [-0.39, 0.29) is 4.32 Å². The number of nitrogens with zero attached hydrogens (tertiary/aromatic N) is 1. The van der Waals surface area contributed by atoms with Crippen molar-refractivity contribution < 1.29 is 9.59 Å². The third-order valence-electron chi connectivity index (χ3n) is 3.57. The molecule has 25 heavy (non-hydrogen) atoms. The second kappa shape index (κ2) is 7.30. The topological polar surface area (TPSA) is 37.4 Å². The molecule has 7 heteroatoms. The minimum Gasteiger partial charge on any atom is -0.268 e. The third-order valence-corrected chi connectivity index (χ3v) is 5.53. The maximum absolute atomic E-state index is 12.7. The summed E-state index contributed by atoms with van der Waals surface area (Å²) in [6.07, 6.45) is 1.56. The summed E-state index contributed by atoms with van der Waals surface area (Å²) in [5, 5.41) is 0.838. The smallest absolute Gasteiger partial charge is 0.268 e. The van der Waals surface area contributed by atoms with E-state index < -0.39 is 11.8 Å². The zero-order valence-electron chi connectivity index (χ0n) is 13.0. The SMILES string of the molecule is Cc1ccc(C(=O)N2C(=O)/C(=C/c3c(Cl)cccc3Cl)SC2=S)cc1. The number of rotatable bonds is 2. The molecule has 2 amide bonds. The minimum atomic E-state index is -0.475. The fourth-order valence-electron chi connectivity index (χ4n) is 2.25. The van der Waals surface area contributed by atoms with E-state index in [1.807, 2.05) is 19.1 Å². The van der Waals surface area contributed by atoms with Crippen LogP contribution < -0.4 is 0 Å². The van der Waals surface area contributed by atoms with E-state index in [0.29, 0.717) is 26.1 Å².